The summed E-state index contributed by atoms with van der Waals surface area (Å²) in [6.07, 6.45) is -4.56. The fourth-order valence-corrected chi connectivity index (χ4v) is 3.11. The molecule has 0 aromatic heterocycles. The van der Waals surface area contributed by atoms with Crippen molar-refractivity contribution >= 4 is 16.7 Å². The molecule has 2 aromatic rings. The average molecular weight is 352 g/mol. The van der Waals surface area contributed by atoms with E-state index in [-0.39, 0.29) is 24.6 Å². The summed E-state index contributed by atoms with van der Waals surface area (Å²) in [7, 11) is 0. The second-order valence-electron chi connectivity index (χ2n) is 6.29. The molecule has 1 amide bonds. The van der Waals surface area contributed by atoms with E-state index in [1.54, 1.807) is 30.3 Å². The van der Waals surface area contributed by atoms with Crippen LogP contribution in [0.2, 0.25) is 0 Å². The molecule has 0 saturated carbocycles. The van der Waals surface area contributed by atoms with Crippen molar-refractivity contribution < 1.29 is 22.7 Å². The number of benzene rings is 2. The number of ether oxygens (including phenoxy) is 1. The molecule has 1 atom stereocenters. The zero-order valence-electron chi connectivity index (χ0n) is 13.9. The predicted octanol–water partition coefficient (Wildman–Crippen LogP) is 3.97. The van der Waals surface area contributed by atoms with Crippen LogP contribution in [0.3, 0.4) is 0 Å². The Hall–Kier alpha value is -2.28. The Morgan fingerprint density at radius 2 is 1.80 bits per heavy atom. The maximum Gasteiger partial charge on any atom is 0.409 e. The monoisotopic (exact) mass is 352 g/mol. The molecule has 25 heavy (non-hydrogen) atoms. The third-order valence-electron chi connectivity index (χ3n) is 4.04. The second-order valence-corrected chi connectivity index (χ2v) is 6.29. The highest BCUT2D eigenvalue weighted by Crippen LogP contribution is 2.42. The molecule has 7 heteroatoms. The molecule has 1 aliphatic rings. The number of hydrazine groups is 1. The van der Waals surface area contributed by atoms with E-state index in [1.165, 1.54) is 6.07 Å². The van der Waals surface area contributed by atoms with E-state index in [9.17, 15) is 18.0 Å². The van der Waals surface area contributed by atoms with Gasteiger partial charge in [0.05, 0.1) is 6.10 Å². The van der Waals surface area contributed by atoms with Crippen LogP contribution in [0, 0.1) is 0 Å². The van der Waals surface area contributed by atoms with Gasteiger partial charge in [0.25, 0.3) is 0 Å². The Labute approximate surface area is 143 Å². The van der Waals surface area contributed by atoms with E-state index in [0.717, 1.165) is 5.01 Å². The summed E-state index contributed by atoms with van der Waals surface area (Å²) in [4.78, 5) is 11.4. The van der Waals surface area contributed by atoms with E-state index < -0.39 is 18.1 Å². The molecule has 3 rings (SSSR count). The number of rotatable bonds is 4. The van der Waals surface area contributed by atoms with Gasteiger partial charge in [0, 0.05) is 18.4 Å². The second kappa shape index (κ2) is 6.55. The lowest BCUT2D eigenvalue weighted by molar-refractivity contribution is -0.190. The SMILES string of the molecule is CC(C)Oc1cccc2c([C@H](N3CCC(=O)N3)C(F)(F)F)cccc12. The van der Waals surface area contributed by atoms with Gasteiger partial charge in [-0.3, -0.25) is 10.2 Å². The smallest absolute Gasteiger partial charge is 0.409 e. The van der Waals surface area contributed by atoms with Crippen LogP contribution >= 0.6 is 0 Å². The minimum absolute atomic E-state index is 0.0155. The molecule has 1 aliphatic heterocycles. The number of alkyl halides is 3. The molecule has 0 spiro atoms. The standard InChI is InChI=1S/C18H19F3N2O2/c1-11(2)25-15-8-4-5-12-13(15)6-3-7-14(12)17(18(19,20)21)23-10-9-16(24)22-23/h3-8,11,17H,9-10H2,1-2H3,(H,22,24)/t17-/m0/s1. The van der Waals surface area contributed by atoms with Crippen LogP contribution in [-0.2, 0) is 4.79 Å². The first kappa shape index (κ1) is 17.5. The average Bonchev–Trinajstić information content (AvgIpc) is 2.92. The van der Waals surface area contributed by atoms with Crippen molar-refractivity contribution in [3.05, 3.63) is 42.0 Å². The molecule has 1 N–H and O–H groups in total. The summed E-state index contributed by atoms with van der Waals surface area (Å²) < 4.78 is 47.1. The largest absolute Gasteiger partial charge is 0.490 e. The zero-order chi connectivity index (χ0) is 18.2. The van der Waals surface area contributed by atoms with E-state index in [4.69, 9.17) is 4.74 Å². The Morgan fingerprint density at radius 3 is 2.40 bits per heavy atom. The molecule has 2 aromatic carbocycles. The molecule has 0 unspecified atom stereocenters. The first-order chi connectivity index (χ1) is 11.8. The van der Waals surface area contributed by atoms with Crippen LogP contribution in [0.25, 0.3) is 10.8 Å². The van der Waals surface area contributed by atoms with Crippen LogP contribution in [0.15, 0.2) is 36.4 Å². The van der Waals surface area contributed by atoms with E-state index in [2.05, 4.69) is 5.43 Å². The Morgan fingerprint density at radius 1 is 1.12 bits per heavy atom. The van der Waals surface area contributed by atoms with Crippen molar-refractivity contribution in [2.24, 2.45) is 0 Å². The van der Waals surface area contributed by atoms with Crippen molar-refractivity contribution in [1.29, 1.82) is 0 Å². The number of carbonyl (C=O) groups excluding carboxylic acids is 1. The van der Waals surface area contributed by atoms with Crippen molar-refractivity contribution in [2.45, 2.75) is 38.6 Å². The van der Waals surface area contributed by atoms with Crippen LogP contribution < -0.4 is 10.2 Å². The summed E-state index contributed by atoms with van der Waals surface area (Å²) in [5.74, 6) is 0.138. The summed E-state index contributed by atoms with van der Waals surface area (Å²) >= 11 is 0. The van der Waals surface area contributed by atoms with Gasteiger partial charge in [0.2, 0.25) is 5.91 Å². The zero-order valence-corrected chi connectivity index (χ0v) is 13.9. The van der Waals surface area contributed by atoms with E-state index in [0.29, 0.717) is 16.5 Å². The summed E-state index contributed by atoms with van der Waals surface area (Å²) in [5, 5.41) is 2.05. The molecule has 0 aliphatic carbocycles. The lowest BCUT2D eigenvalue weighted by atomic mass is 9.97. The quantitative estimate of drug-likeness (QED) is 0.905. The first-order valence-electron chi connectivity index (χ1n) is 8.08. The van der Waals surface area contributed by atoms with Gasteiger partial charge in [-0.25, -0.2) is 5.01 Å². The Kier molecular flexibility index (Phi) is 4.60. The number of amides is 1. The maximum absolute atomic E-state index is 13.8. The number of hydrogen-bond acceptors (Lipinski definition) is 3. The molecule has 1 saturated heterocycles. The highest BCUT2D eigenvalue weighted by molar-refractivity contribution is 5.91. The van der Waals surface area contributed by atoms with Gasteiger partial charge in [-0.05, 0) is 30.9 Å². The van der Waals surface area contributed by atoms with Gasteiger partial charge in [-0.2, -0.15) is 13.2 Å². The molecule has 0 radical (unpaired) electrons. The van der Waals surface area contributed by atoms with Crippen LogP contribution in [-0.4, -0.2) is 29.7 Å². The van der Waals surface area contributed by atoms with Crippen LogP contribution in [0.5, 0.6) is 5.75 Å². The molecular weight excluding hydrogens is 333 g/mol. The van der Waals surface area contributed by atoms with Gasteiger partial charge in [0.1, 0.15) is 5.75 Å². The highest BCUT2D eigenvalue weighted by atomic mass is 19.4. The normalized spacial score (nSPS) is 17.1. The lowest BCUT2D eigenvalue weighted by Crippen LogP contribution is -2.43. The van der Waals surface area contributed by atoms with E-state index in [1.807, 2.05) is 13.8 Å². The number of halogens is 3. The van der Waals surface area contributed by atoms with Gasteiger partial charge in [0.15, 0.2) is 6.04 Å². The topological polar surface area (TPSA) is 41.6 Å². The van der Waals surface area contributed by atoms with Crippen molar-refractivity contribution in [3.63, 3.8) is 0 Å². The minimum atomic E-state index is -4.53. The number of carbonyl (C=O) groups is 1. The molecular formula is C18H19F3N2O2. The van der Waals surface area contributed by atoms with Gasteiger partial charge < -0.3 is 4.74 Å². The number of nitrogens with zero attached hydrogens (tertiary/aromatic N) is 1. The van der Waals surface area contributed by atoms with Crippen molar-refractivity contribution in [3.8, 4) is 5.75 Å². The summed E-state index contributed by atoms with van der Waals surface area (Å²) in [5.41, 5.74) is 2.41. The Balaban J connectivity index is 2.13. The molecule has 1 fully saturated rings. The molecule has 0 bridgehead atoms. The first-order valence-corrected chi connectivity index (χ1v) is 8.08. The van der Waals surface area contributed by atoms with Crippen molar-refractivity contribution in [2.75, 3.05) is 6.54 Å². The summed E-state index contributed by atoms with van der Waals surface area (Å²) in [6, 6.07) is 7.94. The Bertz CT molecular complexity index is 789. The number of hydrogen-bond donors (Lipinski definition) is 1. The third-order valence-corrected chi connectivity index (χ3v) is 4.04. The van der Waals surface area contributed by atoms with Crippen molar-refractivity contribution in [1.82, 2.24) is 10.4 Å². The fraction of sp³-hybridized carbons (Fsp3) is 0.389. The molecule has 134 valence electrons. The number of fused-ring (bicyclic) bond motifs is 1. The number of nitrogens with one attached hydrogen (secondary N) is 1. The highest BCUT2D eigenvalue weighted by Gasteiger charge is 2.47. The van der Waals surface area contributed by atoms with Gasteiger partial charge >= 0.3 is 6.18 Å². The van der Waals surface area contributed by atoms with Crippen LogP contribution in [0.1, 0.15) is 31.9 Å². The molecule has 1 heterocycles. The third kappa shape index (κ3) is 3.56. The lowest BCUT2D eigenvalue weighted by Gasteiger charge is -2.30. The predicted molar refractivity (Wildman–Crippen MR) is 88.0 cm³/mol. The summed E-state index contributed by atoms with van der Waals surface area (Å²) in [6.45, 7) is 3.74. The van der Waals surface area contributed by atoms with E-state index >= 15 is 0 Å². The molecule has 4 nitrogen and oxygen atoms in total. The minimum Gasteiger partial charge on any atom is -0.490 e. The van der Waals surface area contributed by atoms with Gasteiger partial charge in [-0.15, -0.1) is 0 Å². The van der Waals surface area contributed by atoms with Gasteiger partial charge in [-0.1, -0.05) is 30.3 Å². The van der Waals surface area contributed by atoms with Crippen LogP contribution in [0.4, 0.5) is 13.2 Å². The fourth-order valence-electron chi connectivity index (χ4n) is 3.11. The maximum atomic E-state index is 13.8.